The highest BCUT2D eigenvalue weighted by Crippen LogP contribution is 2.06. The monoisotopic (exact) mass is 295 g/mol. The van der Waals surface area contributed by atoms with Gasteiger partial charge in [-0.1, -0.05) is 13.8 Å². The van der Waals surface area contributed by atoms with Crippen molar-refractivity contribution >= 4 is 16.0 Å². The van der Waals surface area contributed by atoms with Crippen LogP contribution in [0.5, 0.6) is 0 Å². The molecule has 0 aliphatic rings. The molecule has 2 N–H and O–H groups in total. The summed E-state index contributed by atoms with van der Waals surface area (Å²) in [6.45, 7) is 10.7. The lowest BCUT2D eigenvalue weighted by molar-refractivity contribution is -0.921. The molecule has 0 rings (SSSR count). The average Bonchev–Trinajstić information content (AvgIpc) is 2.32. The van der Waals surface area contributed by atoms with Crippen LogP contribution in [-0.4, -0.2) is 61.8 Å². The Bertz CT molecular complexity index is 375. The first-order valence-electron chi connectivity index (χ1n) is 6.73. The molecule has 0 aromatic rings. The number of quaternary nitrogens is 1. The lowest BCUT2D eigenvalue weighted by atomic mass is 10.2. The number of hydrogen-bond donors (Lipinski definition) is 2. The van der Waals surface area contributed by atoms with Gasteiger partial charge < -0.3 is 9.80 Å². The Morgan fingerprint density at radius 3 is 2.11 bits per heavy atom. The van der Waals surface area contributed by atoms with Gasteiger partial charge in [-0.05, 0) is 13.8 Å². The quantitative estimate of drug-likeness (QED) is 0.479. The number of carbonyl (C=O) groups is 1. The lowest BCUT2D eigenvalue weighted by Gasteiger charge is -2.36. The smallest absolute Gasteiger partial charge is 0.270 e. The summed E-state index contributed by atoms with van der Waals surface area (Å²) in [5.74, 6) is -0.296. The molecule has 7 heteroatoms. The van der Waals surface area contributed by atoms with Crippen molar-refractivity contribution in [2.24, 2.45) is 5.92 Å². The second-order valence-electron chi connectivity index (χ2n) is 5.15. The van der Waals surface area contributed by atoms with Crippen LogP contribution in [0.3, 0.4) is 0 Å². The summed E-state index contributed by atoms with van der Waals surface area (Å²) in [4.78, 5) is 11.5. The number of carbonyl (C=O) groups excluding carboxylic acids is 1. The van der Waals surface area contributed by atoms with E-state index in [0.29, 0.717) is 24.1 Å². The molecular weight excluding hydrogens is 268 g/mol. The molecule has 114 valence electrons. The normalized spacial score (nSPS) is 12.7. The van der Waals surface area contributed by atoms with E-state index in [1.165, 1.54) is 0 Å². The third kappa shape index (κ3) is 7.49. The van der Waals surface area contributed by atoms with Gasteiger partial charge in [0, 0.05) is 5.92 Å². The molecule has 0 fully saturated rings. The highest BCUT2D eigenvalue weighted by Gasteiger charge is 2.25. The molecule has 0 radical (unpaired) electrons. The van der Waals surface area contributed by atoms with Crippen molar-refractivity contribution in [3.05, 3.63) is 0 Å². The number of amides is 1. The Hall–Kier alpha value is -0.660. The van der Waals surface area contributed by atoms with Crippen LogP contribution in [0.15, 0.2) is 0 Å². The minimum atomic E-state index is -3.94. The number of likely N-dealkylation sites (N-methyl/N-ethyl adjacent to an activating group) is 1. The van der Waals surface area contributed by atoms with Crippen LogP contribution < -0.4 is 5.32 Å². The van der Waals surface area contributed by atoms with Gasteiger partial charge in [-0.3, -0.25) is 9.35 Å². The summed E-state index contributed by atoms with van der Waals surface area (Å²) in [7, 11) is -3.94. The number of nitrogens with one attached hydrogen (secondary N) is 1. The first-order valence-corrected chi connectivity index (χ1v) is 8.34. The van der Waals surface area contributed by atoms with Crippen molar-refractivity contribution in [1.29, 1.82) is 0 Å². The molecule has 0 atom stereocenters. The Balaban J connectivity index is 4.42. The molecule has 0 bridgehead atoms. The molecule has 0 aliphatic carbocycles. The van der Waals surface area contributed by atoms with Crippen LogP contribution in [0.1, 0.15) is 27.7 Å². The molecule has 0 heterocycles. The minimum Gasteiger partial charge on any atom is -0.350 e. The SMILES string of the molecule is CC[N+](CC)(CCNC(=O)C(C)C)CCS(=O)(=O)O. The summed E-state index contributed by atoms with van der Waals surface area (Å²) in [6.07, 6.45) is 0. The Labute approximate surface area is 116 Å². The summed E-state index contributed by atoms with van der Waals surface area (Å²) in [5.41, 5.74) is 0. The fraction of sp³-hybridized carbons (Fsp3) is 0.917. The number of hydrogen-bond acceptors (Lipinski definition) is 3. The van der Waals surface area contributed by atoms with Crippen LogP contribution >= 0.6 is 0 Å². The largest absolute Gasteiger partial charge is 0.350 e. The number of nitrogens with zero attached hydrogens (tertiary/aromatic N) is 1. The van der Waals surface area contributed by atoms with Crippen molar-refractivity contribution in [3.63, 3.8) is 0 Å². The zero-order valence-corrected chi connectivity index (χ0v) is 13.2. The molecule has 0 aromatic heterocycles. The third-order valence-electron chi connectivity index (χ3n) is 3.57. The summed E-state index contributed by atoms with van der Waals surface area (Å²) >= 11 is 0. The highest BCUT2D eigenvalue weighted by molar-refractivity contribution is 7.85. The van der Waals surface area contributed by atoms with Crippen LogP contribution in [0, 0.1) is 5.92 Å². The Morgan fingerprint density at radius 1 is 1.21 bits per heavy atom. The molecule has 19 heavy (non-hydrogen) atoms. The van der Waals surface area contributed by atoms with E-state index in [9.17, 15) is 13.2 Å². The van der Waals surface area contributed by atoms with Gasteiger partial charge in [0.25, 0.3) is 10.1 Å². The van der Waals surface area contributed by atoms with Crippen LogP contribution in [0.25, 0.3) is 0 Å². The van der Waals surface area contributed by atoms with Gasteiger partial charge in [0.15, 0.2) is 0 Å². The molecule has 0 saturated carbocycles. The topological polar surface area (TPSA) is 83.5 Å². The zero-order chi connectivity index (χ0) is 15.1. The summed E-state index contributed by atoms with van der Waals surface area (Å²) in [5, 5.41) is 2.84. The second-order valence-corrected chi connectivity index (χ2v) is 6.73. The van der Waals surface area contributed by atoms with Gasteiger partial charge in [0.05, 0.1) is 32.7 Å². The maximum atomic E-state index is 11.5. The maximum Gasteiger partial charge on any atom is 0.270 e. The van der Waals surface area contributed by atoms with Gasteiger partial charge in [0.2, 0.25) is 5.91 Å². The van der Waals surface area contributed by atoms with E-state index in [4.69, 9.17) is 4.55 Å². The highest BCUT2D eigenvalue weighted by atomic mass is 32.2. The van der Waals surface area contributed by atoms with Gasteiger partial charge in [-0.25, -0.2) is 0 Å². The van der Waals surface area contributed by atoms with Crippen LogP contribution in [0.4, 0.5) is 0 Å². The lowest BCUT2D eigenvalue weighted by Crippen LogP contribution is -2.54. The van der Waals surface area contributed by atoms with Gasteiger partial charge in [0.1, 0.15) is 5.75 Å². The van der Waals surface area contributed by atoms with Crippen LogP contribution in [0.2, 0.25) is 0 Å². The van der Waals surface area contributed by atoms with E-state index in [1.807, 2.05) is 27.7 Å². The van der Waals surface area contributed by atoms with E-state index < -0.39 is 10.1 Å². The maximum absolute atomic E-state index is 11.5. The molecular formula is C12H27N2O4S+. The van der Waals surface area contributed by atoms with E-state index >= 15 is 0 Å². The van der Waals surface area contributed by atoms with E-state index in [-0.39, 0.29) is 17.6 Å². The van der Waals surface area contributed by atoms with Crippen molar-refractivity contribution in [2.45, 2.75) is 27.7 Å². The summed E-state index contributed by atoms with van der Waals surface area (Å²) < 4.78 is 31.1. The first-order chi connectivity index (χ1) is 8.66. The predicted octanol–water partition coefficient (Wildman–Crippen LogP) is 0.503. The summed E-state index contributed by atoms with van der Waals surface area (Å²) in [6, 6.07) is 0. The minimum absolute atomic E-state index is 0.0000795. The fourth-order valence-electron chi connectivity index (χ4n) is 1.90. The van der Waals surface area contributed by atoms with Crippen molar-refractivity contribution in [2.75, 3.05) is 38.5 Å². The van der Waals surface area contributed by atoms with Gasteiger partial charge in [-0.2, -0.15) is 8.42 Å². The predicted molar refractivity (Wildman–Crippen MR) is 75.3 cm³/mol. The van der Waals surface area contributed by atoms with Gasteiger partial charge in [-0.15, -0.1) is 0 Å². The number of rotatable bonds is 9. The first kappa shape index (κ1) is 18.3. The Morgan fingerprint density at radius 2 is 1.74 bits per heavy atom. The fourth-order valence-corrected chi connectivity index (χ4v) is 2.52. The molecule has 6 nitrogen and oxygen atoms in total. The van der Waals surface area contributed by atoms with Gasteiger partial charge >= 0.3 is 0 Å². The molecule has 1 amide bonds. The Kier molecular flexibility index (Phi) is 7.54. The standard InChI is InChI=1S/C12H26N2O4S/c1-5-14(6-2,9-10-19(16,17)18)8-7-13-12(15)11(3)4/h11H,5-10H2,1-4H3,(H-,13,15,16,17,18)/p+1. The van der Waals surface area contributed by atoms with E-state index in [2.05, 4.69) is 5.32 Å². The average molecular weight is 295 g/mol. The van der Waals surface area contributed by atoms with E-state index in [1.54, 1.807) is 0 Å². The molecule has 0 spiro atoms. The second kappa shape index (κ2) is 7.81. The molecule has 0 unspecified atom stereocenters. The van der Waals surface area contributed by atoms with Crippen LogP contribution in [-0.2, 0) is 14.9 Å². The third-order valence-corrected chi connectivity index (χ3v) is 4.27. The van der Waals surface area contributed by atoms with Crippen molar-refractivity contribution in [3.8, 4) is 0 Å². The zero-order valence-electron chi connectivity index (χ0n) is 12.3. The molecule has 0 aliphatic heterocycles. The van der Waals surface area contributed by atoms with Crippen molar-refractivity contribution in [1.82, 2.24) is 5.32 Å². The van der Waals surface area contributed by atoms with Crippen molar-refractivity contribution < 1.29 is 22.2 Å². The molecule has 0 aromatic carbocycles. The van der Waals surface area contributed by atoms with E-state index in [0.717, 1.165) is 13.1 Å². The molecule has 0 saturated heterocycles.